The van der Waals surface area contributed by atoms with E-state index in [4.69, 9.17) is 10.5 Å². The van der Waals surface area contributed by atoms with Crippen LogP contribution in [-0.2, 0) is 14.9 Å². The SMILES string of the molecule is CC1(c2cc(N)n(C3CC3)n2)CCOC1C=O. The van der Waals surface area contributed by atoms with Gasteiger partial charge in [0.15, 0.2) is 0 Å². The summed E-state index contributed by atoms with van der Waals surface area (Å²) < 4.78 is 7.33. The van der Waals surface area contributed by atoms with Gasteiger partial charge in [-0.1, -0.05) is 6.92 Å². The lowest BCUT2D eigenvalue weighted by molar-refractivity contribution is -0.117. The molecule has 0 spiro atoms. The van der Waals surface area contributed by atoms with Crippen LogP contribution in [0.15, 0.2) is 6.07 Å². The normalized spacial score (nSPS) is 32.9. The standard InChI is InChI=1S/C12H17N3O2/c1-12(4-5-17-10(12)7-16)9-6-11(13)15(14-9)8-2-3-8/h6-8,10H,2-5,13H2,1H3. The van der Waals surface area contributed by atoms with Gasteiger partial charge in [0.2, 0.25) is 0 Å². The molecule has 1 saturated carbocycles. The van der Waals surface area contributed by atoms with Gasteiger partial charge in [0.05, 0.1) is 11.7 Å². The number of aldehydes is 1. The van der Waals surface area contributed by atoms with Crippen molar-refractivity contribution in [3.05, 3.63) is 11.8 Å². The molecule has 1 aliphatic carbocycles. The minimum atomic E-state index is -0.399. The molecule has 1 aromatic rings. The Morgan fingerprint density at radius 1 is 1.65 bits per heavy atom. The maximum absolute atomic E-state index is 11.0. The number of nitrogen functional groups attached to an aromatic ring is 1. The Bertz CT molecular complexity index is 453. The van der Waals surface area contributed by atoms with E-state index in [1.165, 1.54) is 0 Å². The lowest BCUT2D eigenvalue weighted by atomic mass is 9.80. The first-order valence-electron chi connectivity index (χ1n) is 6.07. The van der Waals surface area contributed by atoms with Crippen molar-refractivity contribution in [2.45, 2.75) is 43.7 Å². The van der Waals surface area contributed by atoms with Gasteiger partial charge in [-0.05, 0) is 19.3 Å². The van der Waals surface area contributed by atoms with E-state index in [1.807, 2.05) is 17.7 Å². The first kappa shape index (κ1) is 10.8. The highest BCUT2D eigenvalue weighted by atomic mass is 16.5. The molecule has 17 heavy (non-hydrogen) atoms. The van der Waals surface area contributed by atoms with E-state index in [9.17, 15) is 4.79 Å². The highest BCUT2D eigenvalue weighted by Crippen LogP contribution is 2.41. The number of anilines is 1. The molecule has 2 aliphatic rings. The van der Waals surface area contributed by atoms with Crippen LogP contribution in [0.2, 0.25) is 0 Å². The van der Waals surface area contributed by atoms with Crippen molar-refractivity contribution in [3.63, 3.8) is 0 Å². The van der Waals surface area contributed by atoms with Crippen molar-refractivity contribution < 1.29 is 9.53 Å². The topological polar surface area (TPSA) is 70.1 Å². The highest BCUT2D eigenvalue weighted by Gasteiger charge is 2.44. The van der Waals surface area contributed by atoms with Gasteiger partial charge < -0.3 is 15.3 Å². The molecule has 0 aromatic carbocycles. The molecule has 1 aromatic heterocycles. The van der Waals surface area contributed by atoms with E-state index in [1.54, 1.807) is 0 Å². The van der Waals surface area contributed by atoms with E-state index >= 15 is 0 Å². The minimum absolute atomic E-state index is 0.323. The van der Waals surface area contributed by atoms with Crippen LogP contribution in [0.4, 0.5) is 5.82 Å². The van der Waals surface area contributed by atoms with E-state index in [2.05, 4.69) is 5.10 Å². The molecule has 2 N–H and O–H groups in total. The van der Waals surface area contributed by atoms with Gasteiger partial charge in [-0.15, -0.1) is 0 Å². The van der Waals surface area contributed by atoms with Crippen LogP contribution in [0.25, 0.3) is 0 Å². The fourth-order valence-electron chi connectivity index (χ4n) is 2.49. The number of rotatable bonds is 3. The van der Waals surface area contributed by atoms with Gasteiger partial charge in [0.1, 0.15) is 18.2 Å². The van der Waals surface area contributed by atoms with E-state index < -0.39 is 6.10 Å². The molecule has 3 rings (SSSR count). The third-order valence-corrected chi connectivity index (χ3v) is 3.91. The summed E-state index contributed by atoms with van der Waals surface area (Å²) in [6, 6.07) is 2.35. The Morgan fingerprint density at radius 3 is 3.06 bits per heavy atom. The third-order valence-electron chi connectivity index (χ3n) is 3.91. The zero-order chi connectivity index (χ0) is 12.0. The smallest absolute Gasteiger partial charge is 0.149 e. The van der Waals surface area contributed by atoms with Crippen molar-refractivity contribution >= 4 is 12.1 Å². The molecular weight excluding hydrogens is 218 g/mol. The van der Waals surface area contributed by atoms with Gasteiger partial charge >= 0.3 is 0 Å². The van der Waals surface area contributed by atoms with Crippen molar-refractivity contribution in [2.75, 3.05) is 12.3 Å². The molecule has 2 atom stereocenters. The van der Waals surface area contributed by atoms with Crippen molar-refractivity contribution in [1.82, 2.24) is 9.78 Å². The maximum atomic E-state index is 11.0. The Kier molecular flexibility index (Phi) is 2.26. The summed E-state index contributed by atoms with van der Waals surface area (Å²) in [5, 5.41) is 4.58. The Labute approximate surface area is 99.9 Å². The van der Waals surface area contributed by atoms with Gasteiger partial charge in [-0.3, -0.25) is 0 Å². The van der Waals surface area contributed by atoms with Crippen molar-refractivity contribution in [1.29, 1.82) is 0 Å². The molecule has 2 fully saturated rings. The Balaban J connectivity index is 1.97. The monoisotopic (exact) mass is 235 g/mol. The third kappa shape index (κ3) is 1.57. The molecule has 0 bridgehead atoms. The number of nitrogens with zero attached hydrogens (tertiary/aromatic N) is 2. The van der Waals surface area contributed by atoms with E-state index in [0.717, 1.165) is 31.2 Å². The Hall–Kier alpha value is -1.36. The zero-order valence-corrected chi connectivity index (χ0v) is 9.93. The van der Waals surface area contributed by atoms with Crippen LogP contribution in [-0.4, -0.2) is 28.8 Å². The second-order valence-electron chi connectivity index (χ2n) is 5.23. The molecule has 1 saturated heterocycles. The fraction of sp³-hybridized carbons (Fsp3) is 0.667. The van der Waals surface area contributed by atoms with Crippen LogP contribution in [0.5, 0.6) is 0 Å². The number of hydrogen-bond donors (Lipinski definition) is 1. The molecule has 5 heteroatoms. The molecule has 1 aliphatic heterocycles. The first-order valence-corrected chi connectivity index (χ1v) is 6.07. The highest BCUT2D eigenvalue weighted by molar-refractivity contribution is 5.61. The lowest BCUT2D eigenvalue weighted by Gasteiger charge is -2.23. The molecule has 0 radical (unpaired) electrons. The number of hydrogen-bond acceptors (Lipinski definition) is 4. The molecule has 2 unspecified atom stereocenters. The van der Waals surface area contributed by atoms with Crippen molar-refractivity contribution in [3.8, 4) is 0 Å². The van der Waals surface area contributed by atoms with E-state index in [0.29, 0.717) is 18.5 Å². The van der Waals surface area contributed by atoms with Gasteiger partial charge in [-0.25, -0.2) is 4.68 Å². The summed E-state index contributed by atoms with van der Waals surface area (Å²) in [7, 11) is 0. The van der Waals surface area contributed by atoms with Crippen molar-refractivity contribution in [2.24, 2.45) is 0 Å². The quantitative estimate of drug-likeness (QED) is 0.795. The first-order chi connectivity index (χ1) is 8.15. The lowest BCUT2D eigenvalue weighted by Crippen LogP contribution is -2.34. The number of carbonyl (C=O) groups is 1. The predicted octanol–water partition coefficient (Wildman–Crippen LogP) is 1.05. The molecule has 0 amide bonds. The number of nitrogens with two attached hydrogens (primary N) is 1. The van der Waals surface area contributed by atoms with E-state index in [-0.39, 0.29) is 5.41 Å². The second kappa shape index (κ2) is 3.57. The Morgan fingerprint density at radius 2 is 2.41 bits per heavy atom. The molecular formula is C12H17N3O2. The van der Waals surface area contributed by atoms with Crippen LogP contribution >= 0.6 is 0 Å². The number of ether oxygens (including phenoxy) is 1. The fourth-order valence-corrected chi connectivity index (χ4v) is 2.49. The van der Waals surface area contributed by atoms with Gasteiger partial charge in [0, 0.05) is 18.1 Å². The van der Waals surface area contributed by atoms with Crippen LogP contribution < -0.4 is 5.73 Å². The summed E-state index contributed by atoms with van der Waals surface area (Å²) in [6.45, 7) is 2.63. The summed E-state index contributed by atoms with van der Waals surface area (Å²) >= 11 is 0. The second-order valence-corrected chi connectivity index (χ2v) is 5.23. The zero-order valence-electron chi connectivity index (χ0n) is 9.93. The summed E-state index contributed by atoms with van der Waals surface area (Å²) in [5.41, 5.74) is 6.53. The number of aromatic nitrogens is 2. The minimum Gasteiger partial charge on any atom is -0.384 e. The largest absolute Gasteiger partial charge is 0.384 e. The van der Waals surface area contributed by atoms with Crippen LogP contribution in [0.3, 0.4) is 0 Å². The summed E-state index contributed by atoms with van der Waals surface area (Å²) in [5.74, 6) is 0.695. The van der Waals surface area contributed by atoms with Gasteiger partial charge in [0.25, 0.3) is 0 Å². The van der Waals surface area contributed by atoms with Gasteiger partial charge in [-0.2, -0.15) is 5.10 Å². The average Bonchev–Trinajstić information content (AvgIpc) is 2.97. The van der Waals surface area contributed by atoms with Crippen LogP contribution in [0, 0.1) is 0 Å². The molecule has 5 nitrogen and oxygen atoms in total. The molecule has 92 valence electrons. The summed E-state index contributed by atoms with van der Waals surface area (Å²) in [6.07, 6.45) is 3.59. The van der Waals surface area contributed by atoms with Crippen LogP contribution in [0.1, 0.15) is 37.9 Å². The summed E-state index contributed by atoms with van der Waals surface area (Å²) in [4.78, 5) is 11.0. The predicted molar refractivity (Wildman–Crippen MR) is 62.7 cm³/mol. The maximum Gasteiger partial charge on any atom is 0.149 e. The number of carbonyl (C=O) groups excluding carboxylic acids is 1. The average molecular weight is 235 g/mol. The molecule has 2 heterocycles.